The highest BCUT2D eigenvalue weighted by Crippen LogP contribution is 2.23. The molecule has 104 valence electrons. The molecule has 0 amide bonds. The molecule has 0 atom stereocenters. The molecule has 0 aliphatic heterocycles. The molecule has 0 bridgehead atoms. The quantitative estimate of drug-likeness (QED) is 0.749. The van der Waals surface area contributed by atoms with Gasteiger partial charge < -0.3 is 9.52 Å². The molecule has 4 heteroatoms. The van der Waals surface area contributed by atoms with E-state index < -0.39 is 11.6 Å². The fourth-order valence-electron chi connectivity index (χ4n) is 2.41. The summed E-state index contributed by atoms with van der Waals surface area (Å²) in [6.45, 7) is 0. The van der Waals surface area contributed by atoms with E-state index in [0.29, 0.717) is 23.0 Å². The van der Waals surface area contributed by atoms with E-state index >= 15 is 0 Å². The van der Waals surface area contributed by atoms with Gasteiger partial charge in [-0.25, -0.2) is 9.59 Å². The normalized spacial score (nSPS) is 10.7. The third-order valence-corrected chi connectivity index (χ3v) is 3.36. The van der Waals surface area contributed by atoms with Crippen LogP contribution in [0.25, 0.3) is 11.0 Å². The molecule has 0 saturated heterocycles. The second-order valence-corrected chi connectivity index (χ2v) is 4.71. The molecule has 0 saturated carbocycles. The minimum Gasteiger partial charge on any atom is -0.477 e. The molecule has 1 N–H and O–H groups in total. The second kappa shape index (κ2) is 5.25. The number of hydrogen-bond donors (Lipinski definition) is 1. The van der Waals surface area contributed by atoms with Crippen LogP contribution in [0.5, 0.6) is 0 Å². The zero-order chi connectivity index (χ0) is 14.8. The maximum absolute atomic E-state index is 11.9. The van der Waals surface area contributed by atoms with Crippen LogP contribution < -0.4 is 5.63 Å². The van der Waals surface area contributed by atoms with E-state index in [9.17, 15) is 14.7 Å². The summed E-state index contributed by atoms with van der Waals surface area (Å²) in [6, 6.07) is 16.4. The number of carbonyl (C=O) groups is 1. The van der Waals surface area contributed by atoms with Crippen LogP contribution in [0.4, 0.5) is 0 Å². The maximum atomic E-state index is 11.9. The smallest absolute Gasteiger partial charge is 0.351 e. The van der Waals surface area contributed by atoms with Crippen LogP contribution in [-0.2, 0) is 6.42 Å². The fourth-order valence-corrected chi connectivity index (χ4v) is 2.41. The molecule has 3 aromatic rings. The Balaban J connectivity index is 2.29. The van der Waals surface area contributed by atoms with E-state index in [0.717, 1.165) is 5.56 Å². The van der Waals surface area contributed by atoms with Gasteiger partial charge in [0, 0.05) is 5.39 Å². The van der Waals surface area contributed by atoms with Crippen molar-refractivity contribution in [1.29, 1.82) is 0 Å². The molecule has 1 heterocycles. The zero-order valence-corrected chi connectivity index (χ0v) is 11.1. The van der Waals surface area contributed by atoms with Crippen LogP contribution >= 0.6 is 0 Å². The van der Waals surface area contributed by atoms with Gasteiger partial charge >= 0.3 is 11.6 Å². The Labute approximate surface area is 120 Å². The first-order valence-electron chi connectivity index (χ1n) is 6.49. The standard InChI is InChI=1S/C17H12O4/c18-16(19)15-13(10-11-6-2-1-3-7-11)12-8-4-5-9-14(12)21-17(15)20/h1-9H,10H2,(H,18,19). The molecule has 21 heavy (non-hydrogen) atoms. The van der Waals surface area contributed by atoms with Gasteiger partial charge in [0.25, 0.3) is 0 Å². The van der Waals surface area contributed by atoms with Crippen molar-refractivity contribution in [2.45, 2.75) is 6.42 Å². The largest absolute Gasteiger partial charge is 0.477 e. The average Bonchev–Trinajstić information content (AvgIpc) is 2.47. The lowest BCUT2D eigenvalue weighted by Crippen LogP contribution is -2.17. The van der Waals surface area contributed by atoms with E-state index in [1.54, 1.807) is 24.3 Å². The summed E-state index contributed by atoms with van der Waals surface area (Å²) >= 11 is 0. The van der Waals surface area contributed by atoms with Crippen LogP contribution in [0.15, 0.2) is 63.8 Å². The van der Waals surface area contributed by atoms with E-state index in [2.05, 4.69) is 0 Å². The highest BCUT2D eigenvalue weighted by Gasteiger charge is 2.20. The van der Waals surface area contributed by atoms with Crippen LogP contribution in [0, 0.1) is 0 Å². The van der Waals surface area contributed by atoms with Gasteiger partial charge in [-0.3, -0.25) is 0 Å². The Kier molecular flexibility index (Phi) is 3.28. The van der Waals surface area contributed by atoms with Gasteiger partial charge in [-0.1, -0.05) is 48.5 Å². The van der Waals surface area contributed by atoms with Crippen LogP contribution in [0.2, 0.25) is 0 Å². The third-order valence-electron chi connectivity index (χ3n) is 3.36. The van der Waals surface area contributed by atoms with Gasteiger partial charge in [0.1, 0.15) is 11.1 Å². The highest BCUT2D eigenvalue weighted by atomic mass is 16.4. The highest BCUT2D eigenvalue weighted by molar-refractivity contribution is 5.95. The first kappa shape index (κ1) is 13.1. The Morgan fingerprint density at radius 2 is 1.67 bits per heavy atom. The van der Waals surface area contributed by atoms with Crippen molar-refractivity contribution >= 4 is 16.9 Å². The van der Waals surface area contributed by atoms with Gasteiger partial charge in [-0.15, -0.1) is 0 Å². The van der Waals surface area contributed by atoms with E-state index in [1.165, 1.54) is 0 Å². The number of rotatable bonds is 3. The summed E-state index contributed by atoms with van der Waals surface area (Å²) in [7, 11) is 0. The zero-order valence-electron chi connectivity index (χ0n) is 11.1. The van der Waals surface area contributed by atoms with Gasteiger partial charge in [0.15, 0.2) is 0 Å². The first-order valence-corrected chi connectivity index (χ1v) is 6.49. The molecule has 0 unspecified atom stereocenters. The third kappa shape index (κ3) is 2.43. The van der Waals surface area contributed by atoms with Gasteiger partial charge in [0.05, 0.1) is 0 Å². The van der Waals surface area contributed by atoms with Crippen molar-refractivity contribution in [1.82, 2.24) is 0 Å². The van der Waals surface area contributed by atoms with Crippen molar-refractivity contribution in [3.63, 3.8) is 0 Å². The van der Waals surface area contributed by atoms with E-state index in [1.807, 2.05) is 30.3 Å². The predicted octanol–water partition coefficient (Wildman–Crippen LogP) is 3.08. The Morgan fingerprint density at radius 1 is 1.00 bits per heavy atom. The summed E-state index contributed by atoms with van der Waals surface area (Å²) in [5.41, 5.74) is 0.722. The molecule has 4 nitrogen and oxygen atoms in total. The summed E-state index contributed by atoms with van der Waals surface area (Å²) in [5, 5.41) is 9.98. The molecule has 0 spiro atoms. The van der Waals surface area contributed by atoms with E-state index in [-0.39, 0.29) is 5.56 Å². The first-order chi connectivity index (χ1) is 10.2. The lowest BCUT2D eigenvalue weighted by Gasteiger charge is -2.09. The molecular formula is C17H12O4. The summed E-state index contributed by atoms with van der Waals surface area (Å²) in [5.74, 6) is -1.26. The van der Waals surface area contributed by atoms with Gasteiger partial charge in [0.2, 0.25) is 0 Å². The molecule has 0 fully saturated rings. The molecule has 0 aliphatic carbocycles. The van der Waals surface area contributed by atoms with Crippen molar-refractivity contribution in [2.24, 2.45) is 0 Å². The van der Waals surface area contributed by atoms with Crippen LogP contribution in [0.3, 0.4) is 0 Å². The predicted molar refractivity (Wildman–Crippen MR) is 78.7 cm³/mol. The molecular weight excluding hydrogens is 268 g/mol. The number of para-hydroxylation sites is 1. The van der Waals surface area contributed by atoms with Crippen molar-refractivity contribution in [2.75, 3.05) is 0 Å². The number of carboxylic acids is 1. The molecule has 1 aromatic heterocycles. The molecule has 0 radical (unpaired) electrons. The summed E-state index contributed by atoms with van der Waals surface area (Å²) in [4.78, 5) is 23.4. The summed E-state index contributed by atoms with van der Waals surface area (Å²) < 4.78 is 5.10. The minimum absolute atomic E-state index is 0.294. The lowest BCUT2D eigenvalue weighted by atomic mass is 9.97. The lowest BCUT2D eigenvalue weighted by molar-refractivity contribution is 0.0691. The van der Waals surface area contributed by atoms with Gasteiger partial charge in [-0.05, 0) is 23.6 Å². The number of fused-ring (bicyclic) bond motifs is 1. The monoisotopic (exact) mass is 280 g/mol. The van der Waals surface area contributed by atoms with Gasteiger partial charge in [-0.2, -0.15) is 0 Å². The van der Waals surface area contributed by atoms with E-state index in [4.69, 9.17) is 4.42 Å². The Bertz CT molecular complexity index is 863. The average molecular weight is 280 g/mol. The second-order valence-electron chi connectivity index (χ2n) is 4.71. The Morgan fingerprint density at radius 3 is 2.38 bits per heavy atom. The van der Waals surface area contributed by atoms with Crippen LogP contribution in [-0.4, -0.2) is 11.1 Å². The topological polar surface area (TPSA) is 67.5 Å². The Hall–Kier alpha value is -2.88. The minimum atomic E-state index is -1.26. The SMILES string of the molecule is O=C(O)c1c(Cc2ccccc2)c2ccccc2oc1=O. The maximum Gasteiger partial charge on any atom is 0.351 e. The summed E-state index contributed by atoms with van der Waals surface area (Å²) in [6.07, 6.45) is 0.370. The number of carboxylic acid groups (broad SMARTS) is 1. The number of aromatic carboxylic acids is 1. The molecule has 3 rings (SSSR count). The fraction of sp³-hybridized carbons (Fsp3) is 0.0588. The van der Waals surface area contributed by atoms with Crippen molar-refractivity contribution in [3.05, 3.63) is 81.7 Å². The van der Waals surface area contributed by atoms with Crippen molar-refractivity contribution < 1.29 is 14.3 Å². The van der Waals surface area contributed by atoms with Crippen molar-refractivity contribution in [3.8, 4) is 0 Å². The molecule has 2 aromatic carbocycles. The molecule has 0 aliphatic rings. The van der Waals surface area contributed by atoms with Crippen LogP contribution in [0.1, 0.15) is 21.5 Å². The number of benzene rings is 2. The number of hydrogen-bond acceptors (Lipinski definition) is 3.